The van der Waals surface area contributed by atoms with Crippen LogP contribution in [0.2, 0.25) is 0 Å². The first-order chi connectivity index (χ1) is 15.3. The van der Waals surface area contributed by atoms with E-state index in [0.29, 0.717) is 30.7 Å². The summed E-state index contributed by atoms with van der Waals surface area (Å²) in [6.07, 6.45) is 0.840. The fourth-order valence-electron chi connectivity index (χ4n) is 4.01. The first kappa shape index (κ1) is 22.3. The fourth-order valence-corrected chi connectivity index (χ4v) is 5.51. The van der Waals surface area contributed by atoms with Crippen molar-refractivity contribution in [1.82, 2.24) is 4.31 Å². The molecule has 2 N–H and O–H groups in total. The van der Waals surface area contributed by atoms with Gasteiger partial charge in [-0.3, -0.25) is 9.59 Å². The largest absolute Gasteiger partial charge is 0.478 e. The van der Waals surface area contributed by atoms with E-state index in [9.17, 15) is 18.0 Å². The van der Waals surface area contributed by atoms with E-state index in [2.05, 4.69) is 10.6 Å². The average Bonchev–Trinajstić information content (AvgIpc) is 2.79. The number of carbonyl (C=O) groups excluding carboxylic acids is 2. The third-order valence-corrected chi connectivity index (χ3v) is 7.90. The van der Waals surface area contributed by atoms with Gasteiger partial charge in [0.05, 0.1) is 10.6 Å². The molecule has 0 bridgehead atoms. The lowest BCUT2D eigenvalue weighted by Crippen LogP contribution is -2.41. The Morgan fingerprint density at radius 3 is 2.59 bits per heavy atom. The van der Waals surface area contributed by atoms with Crippen LogP contribution in [0, 0.1) is 12.8 Å². The molecule has 0 unspecified atom stereocenters. The van der Waals surface area contributed by atoms with Crippen molar-refractivity contribution in [2.45, 2.75) is 44.1 Å². The number of hydrogen-bond acceptors (Lipinski definition) is 5. The van der Waals surface area contributed by atoms with Crippen LogP contribution < -0.4 is 15.4 Å². The van der Waals surface area contributed by atoms with Gasteiger partial charge in [-0.15, -0.1) is 0 Å². The van der Waals surface area contributed by atoms with Crippen molar-refractivity contribution >= 4 is 33.2 Å². The Hall–Kier alpha value is -2.91. The van der Waals surface area contributed by atoms with Crippen LogP contribution in [0.1, 0.15) is 31.7 Å². The van der Waals surface area contributed by atoms with Crippen molar-refractivity contribution in [2.75, 3.05) is 23.7 Å². The molecular formula is C23H27N3O5S. The van der Waals surface area contributed by atoms with E-state index in [4.69, 9.17) is 4.74 Å². The second kappa shape index (κ2) is 8.91. The summed E-state index contributed by atoms with van der Waals surface area (Å²) >= 11 is 0. The van der Waals surface area contributed by atoms with E-state index < -0.39 is 16.1 Å². The lowest BCUT2D eigenvalue weighted by atomic mass is 9.97. The molecule has 8 nitrogen and oxygen atoms in total. The van der Waals surface area contributed by atoms with Crippen LogP contribution in [0.15, 0.2) is 47.4 Å². The number of amides is 2. The smallest absolute Gasteiger partial charge is 0.265 e. The number of fused-ring (bicyclic) bond motifs is 1. The van der Waals surface area contributed by atoms with Gasteiger partial charge in [0.1, 0.15) is 5.75 Å². The predicted molar refractivity (Wildman–Crippen MR) is 121 cm³/mol. The number of nitrogens with zero attached hydrogens (tertiary/aromatic N) is 1. The molecule has 2 aliphatic rings. The highest BCUT2D eigenvalue weighted by molar-refractivity contribution is 7.89. The van der Waals surface area contributed by atoms with Crippen LogP contribution in [-0.4, -0.2) is 43.7 Å². The molecule has 0 aliphatic carbocycles. The van der Waals surface area contributed by atoms with Crippen molar-refractivity contribution in [3.05, 3.63) is 48.0 Å². The van der Waals surface area contributed by atoms with Gasteiger partial charge in [0.2, 0.25) is 15.9 Å². The van der Waals surface area contributed by atoms with E-state index >= 15 is 0 Å². The molecule has 0 aromatic heterocycles. The summed E-state index contributed by atoms with van der Waals surface area (Å²) in [5.41, 5.74) is 2.11. The molecule has 1 fully saturated rings. The molecule has 0 spiro atoms. The number of anilines is 2. The van der Waals surface area contributed by atoms with Crippen molar-refractivity contribution in [2.24, 2.45) is 5.92 Å². The summed E-state index contributed by atoms with van der Waals surface area (Å²) in [6, 6.07) is 12.1. The SMILES string of the molecule is CC[C@H]1Oc2ccc(S(=O)(=O)N3CCC(C(=O)Nc4ccccc4C)CC3)cc2NC1=O. The molecule has 0 saturated carbocycles. The molecule has 2 amide bonds. The molecular weight excluding hydrogens is 430 g/mol. The van der Waals surface area contributed by atoms with Crippen LogP contribution in [0.3, 0.4) is 0 Å². The van der Waals surface area contributed by atoms with Crippen molar-refractivity contribution < 1.29 is 22.7 Å². The quantitative estimate of drug-likeness (QED) is 0.718. The van der Waals surface area contributed by atoms with E-state index in [1.54, 1.807) is 6.07 Å². The standard InChI is InChI=1S/C23H27N3O5S/c1-3-20-23(28)25-19-14-17(8-9-21(19)31-20)32(29,30)26-12-10-16(11-13-26)22(27)24-18-7-5-4-6-15(18)2/h4-9,14,16,20H,3,10-13H2,1-2H3,(H,24,27)(H,25,28)/t20-/m1/s1. The highest BCUT2D eigenvalue weighted by Gasteiger charge is 2.34. The number of sulfonamides is 1. The van der Waals surface area contributed by atoms with Gasteiger partial charge >= 0.3 is 0 Å². The molecule has 2 aromatic carbocycles. The highest BCUT2D eigenvalue weighted by Crippen LogP contribution is 2.34. The molecule has 2 aromatic rings. The fraction of sp³-hybridized carbons (Fsp3) is 0.391. The normalized spacial score (nSPS) is 19.6. The number of hydrogen-bond donors (Lipinski definition) is 2. The maximum atomic E-state index is 13.2. The number of nitrogens with one attached hydrogen (secondary N) is 2. The van der Waals surface area contributed by atoms with Crippen LogP contribution in [0.4, 0.5) is 11.4 Å². The zero-order valence-corrected chi connectivity index (χ0v) is 18.9. The number of piperidine rings is 1. The molecule has 2 heterocycles. The molecule has 1 atom stereocenters. The van der Waals surface area contributed by atoms with Gasteiger partial charge in [-0.05, 0) is 56.0 Å². The molecule has 1 saturated heterocycles. The minimum atomic E-state index is -3.75. The number of aryl methyl sites for hydroxylation is 1. The lowest BCUT2D eigenvalue weighted by Gasteiger charge is -2.31. The summed E-state index contributed by atoms with van der Waals surface area (Å²) in [4.78, 5) is 24.8. The predicted octanol–water partition coefficient (Wildman–Crippen LogP) is 3.14. The maximum absolute atomic E-state index is 13.2. The molecule has 32 heavy (non-hydrogen) atoms. The summed E-state index contributed by atoms with van der Waals surface area (Å²) in [5.74, 6) is -0.157. The Morgan fingerprint density at radius 2 is 1.91 bits per heavy atom. The van der Waals surface area contributed by atoms with Crippen LogP contribution in [-0.2, 0) is 19.6 Å². The van der Waals surface area contributed by atoms with Gasteiger partial charge in [0, 0.05) is 24.7 Å². The summed E-state index contributed by atoms with van der Waals surface area (Å²) < 4.78 is 33.4. The third kappa shape index (κ3) is 4.35. The van der Waals surface area contributed by atoms with E-state index in [0.717, 1.165) is 11.3 Å². The minimum Gasteiger partial charge on any atom is -0.478 e. The number of benzene rings is 2. The van der Waals surface area contributed by atoms with Gasteiger partial charge < -0.3 is 15.4 Å². The third-order valence-electron chi connectivity index (χ3n) is 6.01. The minimum absolute atomic E-state index is 0.0875. The first-order valence-corrected chi connectivity index (χ1v) is 12.2. The molecule has 9 heteroatoms. The zero-order chi connectivity index (χ0) is 22.9. The Labute approximate surface area is 188 Å². The Morgan fingerprint density at radius 1 is 1.19 bits per heavy atom. The molecule has 2 aliphatic heterocycles. The van der Waals surface area contributed by atoms with Crippen LogP contribution in [0.25, 0.3) is 0 Å². The van der Waals surface area contributed by atoms with Gasteiger partial charge in [-0.1, -0.05) is 25.1 Å². The van der Waals surface area contributed by atoms with E-state index in [1.165, 1.54) is 16.4 Å². The Bertz CT molecular complexity index is 1140. The number of rotatable bonds is 5. The van der Waals surface area contributed by atoms with Crippen molar-refractivity contribution in [1.29, 1.82) is 0 Å². The van der Waals surface area contributed by atoms with Crippen molar-refractivity contribution in [3.63, 3.8) is 0 Å². The summed E-state index contributed by atoms with van der Waals surface area (Å²) in [6.45, 7) is 4.29. The van der Waals surface area contributed by atoms with Gasteiger partial charge in [0.15, 0.2) is 6.10 Å². The molecule has 0 radical (unpaired) electrons. The Balaban J connectivity index is 1.42. The summed E-state index contributed by atoms with van der Waals surface area (Å²) in [7, 11) is -3.75. The number of carbonyl (C=O) groups is 2. The number of para-hydroxylation sites is 1. The second-order valence-electron chi connectivity index (χ2n) is 8.14. The van der Waals surface area contributed by atoms with Gasteiger partial charge in [-0.2, -0.15) is 4.31 Å². The lowest BCUT2D eigenvalue weighted by molar-refractivity contribution is -0.123. The number of ether oxygens (including phenoxy) is 1. The second-order valence-corrected chi connectivity index (χ2v) is 10.1. The topological polar surface area (TPSA) is 105 Å². The summed E-state index contributed by atoms with van der Waals surface area (Å²) in [5, 5.41) is 5.68. The Kier molecular flexibility index (Phi) is 6.21. The maximum Gasteiger partial charge on any atom is 0.265 e. The first-order valence-electron chi connectivity index (χ1n) is 10.8. The zero-order valence-electron chi connectivity index (χ0n) is 18.1. The monoisotopic (exact) mass is 457 g/mol. The van der Waals surface area contributed by atoms with Gasteiger partial charge in [-0.25, -0.2) is 8.42 Å². The van der Waals surface area contributed by atoms with Crippen LogP contribution >= 0.6 is 0 Å². The van der Waals surface area contributed by atoms with Crippen molar-refractivity contribution in [3.8, 4) is 5.75 Å². The average molecular weight is 458 g/mol. The van der Waals surface area contributed by atoms with E-state index in [1.807, 2.05) is 38.1 Å². The highest BCUT2D eigenvalue weighted by atomic mass is 32.2. The van der Waals surface area contributed by atoms with E-state index in [-0.39, 0.29) is 35.7 Å². The van der Waals surface area contributed by atoms with Gasteiger partial charge in [0.25, 0.3) is 5.91 Å². The molecule has 170 valence electrons. The molecule has 4 rings (SSSR count). The van der Waals surface area contributed by atoms with Crippen LogP contribution in [0.5, 0.6) is 5.75 Å².